The van der Waals surface area contributed by atoms with E-state index in [0.29, 0.717) is 18.6 Å². The molecule has 1 aliphatic carbocycles. The number of likely N-dealkylation sites (N-methyl/N-ethyl adjacent to an activating group) is 1. The second kappa shape index (κ2) is 9.65. The molecule has 1 aliphatic rings. The van der Waals surface area contributed by atoms with Gasteiger partial charge in [-0.1, -0.05) is 12.8 Å². The summed E-state index contributed by atoms with van der Waals surface area (Å²) in [6, 6.07) is 10.4. The maximum Gasteiger partial charge on any atom is 0.264 e. The van der Waals surface area contributed by atoms with Gasteiger partial charge in [0.15, 0.2) is 0 Å². The van der Waals surface area contributed by atoms with E-state index in [1.165, 1.54) is 48.4 Å². The number of carbonyl (C=O) groups excluding carboxylic acids is 1. The Morgan fingerprint density at radius 1 is 1.10 bits per heavy atom. The number of carbonyl (C=O) groups is 1. The first kappa shape index (κ1) is 23.0. The van der Waals surface area contributed by atoms with E-state index in [9.17, 15) is 22.7 Å². The molecule has 9 heteroatoms. The van der Waals surface area contributed by atoms with Crippen LogP contribution >= 0.6 is 0 Å². The topological polar surface area (TPSA) is 87.2 Å². The lowest BCUT2D eigenvalue weighted by molar-refractivity contribution is -0.133. The lowest BCUT2D eigenvalue weighted by Crippen LogP contribution is -2.50. The van der Waals surface area contributed by atoms with E-state index in [4.69, 9.17) is 4.74 Å². The highest BCUT2D eigenvalue weighted by molar-refractivity contribution is 7.92. The maximum atomic E-state index is 13.4. The molecule has 2 unspecified atom stereocenters. The third kappa shape index (κ3) is 5.16. The Hall–Kier alpha value is -2.65. The molecule has 3 rings (SSSR count). The zero-order valence-electron chi connectivity index (χ0n) is 17.6. The number of hydrogen-bond donors (Lipinski definition) is 1. The van der Waals surface area contributed by atoms with Crippen LogP contribution in [0.5, 0.6) is 5.75 Å². The molecule has 7 nitrogen and oxygen atoms in total. The van der Waals surface area contributed by atoms with Gasteiger partial charge in [-0.25, -0.2) is 12.8 Å². The minimum Gasteiger partial charge on any atom is -0.497 e. The Morgan fingerprint density at radius 2 is 1.71 bits per heavy atom. The van der Waals surface area contributed by atoms with Crippen molar-refractivity contribution >= 4 is 21.6 Å². The molecule has 0 heterocycles. The molecular weight excluding hydrogens is 423 g/mol. The average Bonchev–Trinajstić information content (AvgIpc) is 2.78. The third-order valence-corrected chi connectivity index (χ3v) is 7.41. The number of amides is 1. The lowest BCUT2D eigenvalue weighted by atomic mass is 9.91. The van der Waals surface area contributed by atoms with E-state index < -0.39 is 34.4 Å². The fourth-order valence-electron chi connectivity index (χ4n) is 3.76. The van der Waals surface area contributed by atoms with Crippen LogP contribution in [0.3, 0.4) is 0 Å². The quantitative estimate of drug-likeness (QED) is 0.701. The van der Waals surface area contributed by atoms with Gasteiger partial charge in [0.2, 0.25) is 5.91 Å². The molecule has 2 aromatic carbocycles. The summed E-state index contributed by atoms with van der Waals surface area (Å²) in [5.74, 6) is -0.471. The fraction of sp³-hybridized carbons (Fsp3) is 0.409. The number of halogens is 1. The van der Waals surface area contributed by atoms with Crippen LogP contribution < -0.4 is 9.04 Å². The zero-order chi connectivity index (χ0) is 22.6. The smallest absolute Gasteiger partial charge is 0.264 e. The molecule has 1 amide bonds. The van der Waals surface area contributed by atoms with Crippen molar-refractivity contribution in [2.45, 2.75) is 42.7 Å². The predicted molar refractivity (Wildman–Crippen MR) is 115 cm³/mol. The van der Waals surface area contributed by atoms with E-state index >= 15 is 0 Å². The number of anilines is 1. The summed E-state index contributed by atoms with van der Waals surface area (Å²) < 4.78 is 46.3. The molecule has 0 aromatic heterocycles. The molecular formula is C22H27FN2O5S. The standard InChI is InChI=1S/C22H27FN2O5S/c1-24(20-5-3-4-6-21(20)26)22(27)15-25(17-9-7-16(23)8-10-17)31(28,29)19-13-11-18(30-2)12-14-19/h7-14,20-21,26H,3-6,15H2,1-2H3. The highest BCUT2D eigenvalue weighted by Gasteiger charge is 2.33. The summed E-state index contributed by atoms with van der Waals surface area (Å²) in [7, 11) is -1.07. The van der Waals surface area contributed by atoms with Crippen LogP contribution in [0.1, 0.15) is 25.7 Å². The number of ether oxygens (including phenoxy) is 1. The van der Waals surface area contributed by atoms with E-state index in [0.717, 1.165) is 29.3 Å². The Labute approximate surface area is 182 Å². The van der Waals surface area contributed by atoms with Gasteiger partial charge in [-0.05, 0) is 61.4 Å². The summed E-state index contributed by atoms with van der Waals surface area (Å²) >= 11 is 0. The fourth-order valence-corrected chi connectivity index (χ4v) is 5.17. The molecule has 2 aromatic rings. The lowest BCUT2D eigenvalue weighted by Gasteiger charge is -2.36. The summed E-state index contributed by atoms with van der Waals surface area (Å²) in [6.45, 7) is -0.473. The SMILES string of the molecule is COc1ccc(S(=O)(=O)N(CC(=O)N(C)C2CCCCC2O)c2ccc(F)cc2)cc1. The summed E-state index contributed by atoms with van der Waals surface area (Å²) in [5, 5.41) is 10.3. The number of methoxy groups -OCH3 is 1. The molecule has 1 N–H and O–H groups in total. The van der Waals surface area contributed by atoms with Crippen molar-refractivity contribution in [2.24, 2.45) is 0 Å². The van der Waals surface area contributed by atoms with Crippen molar-refractivity contribution in [2.75, 3.05) is 25.0 Å². The number of sulfonamides is 1. The van der Waals surface area contributed by atoms with Gasteiger partial charge in [0, 0.05) is 7.05 Å². The Bertz CT molecular complexity index is 996. The highest BCUT2D eigenvalue weighted by Crippen LogP contribution is 2.27. The van der Waals surface area contributed by atoms with Crippen molar-refractivity contribution in [3.8, 4) is 5.75 Å². The normalized spacial score (nSPS) is 19.0. The average molecular weight is 451 g/mol. The van der Waals surface area contributed by atoms with E-state index in [2.05, 4.69) is 0 Å². The molecule has 1 saturated carbocycles. The van der Waals surface area contributed by atoms with Crippen LogP contribution in [0.4, 0.5) is 10.1 Å². The Balaban J connectivity index is 1.92. The number of benzene rings is 2. The predicted octanol–water partition coefficient (Wildman–Crippen LogP) is 2.79. The van der Waals surface area contributed by atoms with Gasteiger partial charge in [0.05, 0.1) is 29.8 Å². The van der Waals surface area contributed by atoms with Gasteiger partial charge in [-0.2, -0.15) is 0 Å². The van der Waals surface area contributed by atoms with Gasteiger partial charge in [0.25, 0.3) is 10.0 Å². The largest absolute Gasteiger partial charge is 0.497 e. The maximum absolute atomic E-state index is 13.4. The third-order valence-electron chi connectivity index (χ3n) is 5.63. The van der Waals surface area contributed by atoms with E-state index in [1.54, 1.807) is 7.05 Å². The Kier molecular flexibility index (Phi) is 7.17. The second-order valence-corrected chi connectivity index (χ2v) is 9.45. The van der Waals surface area contributed by atoms with Crippen LogP contribution in [0.25, 0.3) is 0 Å². The molecule has 0 radical (unpaired) electrons. The molecule has 31 heavy (non-hydrogen) atoms. The molecule has 1 fully saturated rings. The van der Waals surface area contributed by atoms with Crippen LogP contribution in [-0.2, 0) is 14.8 Å². The second-order valence-electron chi connectivity index (χ2n) is 7.59. The zero-order valence-corrected chi connectivity index (χ0v) is 18.4. The van der Waals surface area contributed by atoms with E-state index in [1.807, 2.05) is 0 Å². The number of hydrogen-bond acceptors (Lipinski definition) is 5. The molecule has 0 aliphatic heterocycles. The first-order valence-electron chi connectivity index (χ1n) is 10.1. The van der Waals surface area contributed by atoms with Crippen LogP contribution in [-0.4, -0.2) is 57.2 Å². The van der Waals surface area contributed by atoms with Crippen LogP contribution in [0.15, 0.2) is 53.4 Å². The summed E-state index contributed by atoms with van der Waals surface area (Å²) in [6.07, 6.45) is 2.41. The summed E-state index contributed by atoms with van der Waals surface area (Å²) in [5.41, 5.74) is 0.170. The monoisotopic (exact) mass is 450 g/mol. The van der Waals surface area contributed by atoms with Gasteiger partial charge in [-0.3, -0.25) is 9.10 Å². The number of rotatable bonds is 7. The number of aliphatic hydroxyl groups is 1. The van der Waals surface area contributed by atoms with Crippen LogP contribution in [0, 0.1) is 5.82 Å². The van der Waals surface area contributed by atoms with Gasteiger partial charge < -0.3 is 14.7 Å². The number of aliphatic hydroxyl groups excluding tert-OH is 1. The molecule has 0 saturated heterocycles. The van der Waals surface area contributed by atoms with Crippen molar-refractivity contribution in [1.29, 1.82) is 0 Å². The summed E-state index contributed by atoms with van der Waals surface area (Å²) in [4.78, 5) is 14.4. The van der Waals surface area contributed by atoms with E-state index in [-0.39, 0.29) is 16.6 Å². The van der Waals surface area contributed by atoms with Crippen molar-refractivity contribution < 1.29 is 27.4 Å². The van der Waals surface area contributed by atoms with Crippen molar-refractivity contribution in [1.82, 2.24) is 4.90 Å². The van der Waals surface area contributed by atoms with Gasteiger partial charge in [-0.15, -0.1) is 0 Å². The highest BCUT2D eigenvalue weighted by atomic mass is 32.2. The number of nitrogens with zero attached hydrogens (tertiary/aromatic N) is 2. The minimum absolute atomic E-state index is 0.0224. The minimum atomic E-state index is -4.12. The Morgan fingerprint density at radius 3 is 2.29 bits per heavy atom. The molecule has 0 spiro atoms. The van der Waals surface area contributed by atoms with Gasteiger partial charge >= 0.3 is 0 Å². The molecule has 2 atom stereocenters. The van der Waals surface area contributed by atoms with Crippen LogP contribution in [0.2, 0.25) is 0 Å². The van der Waals surface area contributed by atoms with Crippen molar-refractivity contribution in [3.05, 3.63) is 54.3 Å². The molecule has 0 bridgehead atoms. The first-order chi connectivity index (χ1) is 14.7. The van der Waals surface area contributed by atoms with Crippen molar-refractivity contribution in [3.63, 3.8) is 0 Å². The van der Waals surface area contributed by atoms with Gasteiger partial charge in [0.1, 0.15) is 18.1 Å². The first-order valence-corrected chi connectivity index (χ1v) is 11.5. The molecule has 168 valence electrons.